The Morgan fingerprint density at radius 1 is 1.30 bits per heavy atom. The highest BCUT2D eigenvalue weighted by Crippen LogP contribution is 2.39. The Bertz CT molecular complexity index is 645. The fourth-order valence-electron chi connectivity index (χ4n) is 3.09. The minimum absolute atomic E-state index is 0.242. The Kier molecular flexibility index (Phi) is 2.92. The lowest BCUT2D eigenvalue weighted by molar-refractivity contribution is -0.137. The monoisotopic (exact) mass is 283 g/mol. The fraction of sp³-hybridized carbons (Fsp3) is 0.500. The van der Waals surface area contributed by atoms with Crippen LogP contribution in [-0.2, 0) is 6.18 Å². The maximum Gasteiger partial charge on any atom is 0.416 e. The lowest BCUT2D eigenvalue weighted by Gasteiger charge is -2.15. The van der Waals surface area contributed by atoms with Crippen molar-refractivity contribution in [1.29, 1.82) is 0 Å². The third-order valence-corrected chi connectivity index (χ3v) is 4.08. The molecule has 108 valence electrons. The number of alkyl halides is 3. The van der Waals surface area contributed by atoms with Gasteiger partial charge in [-0.25, -0.2) is 4.98 Å². The van der Waals surface area contributed by atoms with Gasteiger partial charge in [-0.15, -0.1) is 0 Å². The molecule has 1 saturated carbocycles. The molecule has 6 heteroatoms. The highest BCUT2D eigenvalue weighted by Gasteiger charge is 2.32. The number of nitrogens with zero attached hydrogens (tertiary/aromatic N) is 2. The number of hydrogen-bond donors (Lipinski definition) is 1. The second kappa shape index (κ2) is 4.40. The molecule has 1 aromatic carbocycles. The van der Waals surface area contributed by atoms with Crippen molar-refractivity contribution in [1.82, 2.24) is 9.55 Å². The molecule has 0 radical (unpaired) electrons. The SMILES string of the molecule is CC1CCC(n2c(N)nc3cc(C(F)(F)F)ccc32)C1. The Balaban J connectivity index is 2.08. The topological polar surface area (TPSA) is 43.8 Å². The zero-order valence-corrected chi connectivity index (χ0v) is 11.1. The van der Waals surface area contributed by atoms with Gasteiger partial charge in [0, 0.05) is 6.04 Å². The summed E-state index contributed by atoms with van der Waals surface area (Å²) in [6, 6.07) is 3.88. The van der Waals surface area contributed by atoms with Crippen LogP contribution < -0.4 is 5.73 Å². The summed E-state index contributed by atoms with van der Waals surface area (Å²) in [5, 5.41) is 0. The molecule has 1 aliphatic carbocycles. The van der Waals surface area contributed by atoms with Gasteiger partial charge in [-0.3, -0.25) is 0 Å². The van der Waals surface area contributed by atoms with Crippen LogP contribution in [0.1, 0.15) is 37.8 Å². The van der Waals surface area contributed by atoms with Crippen molar-refractivity contribution < 1.29 is 13.2 Å². The number of anilines is 1. The van der Waals surface area contributed by atoms with Crippen molar-refractivity contribution >= 4 is 17.0 Å². The maximum absolute atomic E-state index is 12.7. The number of fused-ring (bicyclic) bond motifs is 1. The van der Waals surface area contributed by atoms with E-state index in [1.807, 2.05) is 4.57 Å². The molecule has 3 nitrogen and oxygen atoms in total. The van der Waals surface area contributed by atoms with Gasteiger partial charge in [-0.1, -0.05) is 6.92 Å². The molecule has 2 atom stereocenters. The first-order chi connectivity index (χ1) is 9.36. The van der Waals surface area contributed by atoms with Crippen LogP contribution in [0, 0.1) is 5.92 Å². The van der Waals surface area contributed by atoms with Gasteiger partial charge in [0.15, 0.2) is 0 Å². The van der Waals surface area contributed by atoms with Crippen molar-refractivity contribution in [3.63, 3.8) is 0 Å². The Morgan fingerprint density at radius 2 is 2.05 bits per heavy atom. The van der Waals surface area contributed by atoms with Crippen LogP contribution in [0.2, 0.25) is 0 Å². The van der Waals surface area contributed by atoms with Crippen LogP contribution in [0.5, 0.6) is 0 Å². The molecule has 1 aromatic heterocycles. The van der Waals surface area contributed by atoms with Gasteiger partial charge in [0.2, 0.25) is 5.95 Å². The van der Waals surface area contributed by atoms with Crippen LogP contribution in [-0.4, -0.2) is 9.55 Å². The third kappa shape index (κ3) is 2.13. The number of rotatable bonds is 1. The van der Waals surface area contributed by atoms with E-state index in [1.54, 1.807) is 0 Å². The number of hydrogen-bond acceptors (Lipinski definition) is 2. The molecule has 3 rings (SSSR count). The van der Waals surface area contributed by atoms with Crippen molar-refractivity contribution in [2.75, 3.05) is 5.73 Å². The van der Waals surface area contributed by atoms with Gasteiger partial charge < -0.3 is 10.3 Å². The smallest absolute Gasteiger partial charge is 0.369 e. The van der Waals surface area contributed by atoms with Crippen LogP contribution in [0.15, 0.2) is 18.2 Å². The van der Waals surface area contributed by atoms with Gasteiger partial charge in [0.25, 0.3) is 0 Å². The van der Waals surface area contributed by atoms with Crippen LogP contribution in [0.3, 0.4) is 0 Å². The molecular weight excluding hydrogens is 267 g/mol. The van der Waals surface area contributed by atoms with Crippen molar-refractivity contribution in [2.45, 2.75) is 38.4 Å². The minimum atomic E-state index is -4.35. The van der Waals surface area contributed by atoms with Crippen LogP contribution in [0.25, 0.3) is 11.0 Å². The Hall–Kier alpha value is -1.72. The number of nitrogen functional groups attached to an aromatic ring is 1. The third-order valence-electron chi connectivity index (χ3n) is 4.08. The molecule has 0 amide bonds. The molecule has 20 heavy (non-hydrogen) atoms. The first kappa shape index (κ1) is 13.3. The molecule has 1 fully saturated rings. The minimum Gasteiger partial charge on any atom is -0.369 e. The van der Waals surface area contributed by atoms with Gasteiger partial charge in [-0.2, -0.15) is 13.2 Å². The summed E-state index contributed by atoms with van der Waals surface area (Å²) in [6.07, 6.45) is -1.24. The summed E-state index contributed by atoms with van der Waals surface area (Å²) in [5.41, 5.74) is 6.23. The van der Waals surface area contributed by atoms with E-state index in [2.05, 4.69) is 11.9 Å². The normalized spacial score (nSPS) is 23.6. The van der Waals surface area contributed by atoms with Gasteiger partial charge in [0.05, 0.1) is 16.6 Å². The molecule has 1 aliphatic rings. The molecule has 2 unspecified atom stereocenters. The summed E-state index contributed by atoms with van der Waals surface area (Å²) < 4.78 is 40.0. The maximum atomic E-state index is 12.7. The van der Waals surface area contributed by atoms with Crippen LogP contribution >= 0.6 is 0 Å². The second-order valence-corrected chi connectivity index (χ2v) is 5.61. The first-order valence-electron chi connectivity index (χ1n) is 6.71. The summed E-state index contributed by atoms with van der Waals surface area (Å²) in [7, 11) is 0. The number of aromatic nitrogens is 2. The molecule has 0 spiro atoms. The van der Waals surface area contributed by atoms with E-state index in [9.17, 15) is 13.2 Å². The lowest BCUT2D eigenvalue weighted by Crippen LogP contribution is -2.09. The molecule has 2 N–H and O–H groups in total. The van der Waals surface area contributed by atoms with E-state index in [-0.39, 0.29) is 6.04 Å². The fourth-order valence-corrected chi connectivity index (χ4v) is 3.09. The van der Waals surface area contributed by atoms with E-state index in [1.165, 1.54) is 6.07 Å². The highest BCUT2D eigenvalue weighted by molar-refractivity contribution is 5.79. The van der Waals surface area contributed by atoms with E-state index < -0.39 is 11.7 Å². The number of benzene rings is 1. The Morgan fingerprint density at radius 3 is 2.65 bits per heavy atom. The van der Waals surface area contributed by atoms with E-state index in [0.717, 1.165) is 31.4 Å². The molecule has 2 aromatic rings. The molecule has 1 heterocycles. The predicted octanol–water partition coefficient (Wildman–Crippen LogP) is 4.00. The lowest BCUT2D eigenvalue weighted by atomic mass is 10.1. The van der Waals surface area contributed by atoms with Crippen molar-refractivity contribution in [3.8, 4) is 0 Å². The summed E-state index contributed by atoms with van der Waals surface area (Å²) >= 11 is 0. The second-order valence-electron chi connectivity index (χ2n) is 5.61. The molecular formula is C14H16F3N3. The zero-order valence-electron chi connectivity index (χ0n) is 11.1. The average Bonchev–Trinajstić information content (AvgIpc) is 2.89. The van der Waals surface area contributed by atoms with Crippen molar-refractivity contribution in [2.24, 2.45) is 5.92 Å². The first-order valence-corrected chi connectivity index (χ1v) is 6.71. The number of nitrogens with two attached hydrogens (primary N) is 1. The summed E-state index contributed by atoms with van der Waals surface area (Å²) in [4.78, 5) is 4.10. The zero-order chi connectivity index (χ0) is 14.5. The Labute approximate surface area is 114 Å². The van der Waals surface area contributed by atoms with E-state index in [0.29, 0.717) is 22.9 Å². The number of imidazole rings is 1. The summed E-state index contributed by atoms with van der Waals surface area (Å²) in [6.45, 7) is 2.18. The number of halogens is 3. The molecule has 0 saturated heterocycles. The standard InChI is InChI=1S/C14H16F3N3/c1-8-2-4-10(6-8)20-12-5-3-9(14(15,16)17)7-11(12)19-13(20)18/h3,5,7-8,10H,2,4,6H2,1H3,(H2,18,19). The van der Waals surface area contributed by atoms with Gasteiger partial charge in [0.1, 0.15) is 0 Å². The average molecular weight is 283 g/mol. The quantitative estimate of drug-likeness (QED) is 0.859. The highest BCUT2D eigenvalue weighted by atomic mass is 19.4. The summed E-state index contributed by atoms with van der Waals surface area (Å²) in [5.74, 6) is 0.921. The van der Waals surface area contributed by atoms with Crippen molar-refractivity contribution in [3.05, 3.63) is 23.8 Å². The van der Waals surface area contributed by atoms with E-state index in [4.69, 9.17) is 5.73 Å². The van der Waals surface area contributed by atoms with Crippen LogP contribution in [0.4, 0.5) is 19.1 Å². The van der Waals surface area contributed by atoms with E-state index >= 15 is 0 Å². The van der Waals surface area contributed by atoms with Gasteiger partial charge in [-0.05, 0) is 43.4 Å². The molecule has 0 bridgehead atoms. The predicted molar refractivity (Wildman–Crippen MR) is 71.2 cm³/mol. The molecule has 0 aliphatic heterocycles. The largest absolute Gasteiger partial charge is 0.416 e. The van der Waals surface area contributed by atoms with Gasteiger partial charge >= 0.3 is 6.18 Å².